The molecule has 274 valence electrons. The third kappa shape index (κ3) is 7.53. The van der Waals surface area contributed by atoms with Gasteiger partial charge >= 0.3 is 5.97 Å². The van der Waals surface area contributed by atoms with Gasteiger partial charge in [0.25, 0.3) is 0 Å². The summed E-state index contributed by atoms with van der Waals surface area (Å²) in [6.07, 6.45) is 5.59. The molecule has 3 aliphatic heterocycles. The van der Waals surface area contributed by atoms with Crippen molar-refractivity contribution in [1.82, 2.24) is 14.7 Å². The molecule has 0 unspecified atom stereocenters. The fourth-order valence-corrected chi connectivity index (χ4v) is 8.26. The number of benzene rings is 2. The number of ether oxygens (including phenoxy) is 2. The third-order valence-electron chi connectivity index (χ3n) is 11.0. The summed E-state index contributed by atoms with van der Waals surface area (Å²) in [6, 6.07) is 16.5. The average molecular weight is 700 g/mol. The Morgan fingerprint density at radius 3 is 2.41 bits per heavy atom. The van der Waals surface area contributed by atoms with E-state index in [0.717, 1.165) is 18.4 Å². The Balaban J connectivity index is 1.51. The van der Waals surface area contributed by atoms with E-state index < -0.39 is 53.7 Å². The van der Waals surface area contributed by atoms with Gasteiger partial charge in [0.1, 0.15) is 17.7 Å². The molecule has 1 N–H and O–H groups in total. The van der Waals surface area contributed by atoms with E-state index in [1.54, 1.807) is 29.0 Å². The van der Waals surface area contributed by atoms with Crippen LogP contribution in [0.2, 0.25) is 0 Å². The molecule has 10 nitrogen and oxygen atoms in total. The Morgan fingerprint density at radius 2 is 1.78 bits per heavy atom. The molecule has 0 saturated carbocycles. The van der Waals surface area contributed by atoms with Crippen LogP contribution in [0.5, 0.6) is 0 Å². The zero-order valence-corrected chi connectivity index (χ0v) is 30.2. The van der Waals surface area contributed by atoms with Crippen LogP contribution in [0.1, 0.15) is 69.6 Å². The first kappa shape index (κ1) is 38.0. The maximum absolute atomic E-state index is 14.8. The van der Waals surface area contributed by atoms with E-state index in [0.29, 0.717) is 44.3 Å². The SMILES string of the molecule is C=CCCC(=O)N(C)[C@H](C)[C@H](OC(=O)[C@@H]1[C@@H]2CC[C@]3(O2)[C@H](C(=O)N(CC=C)CCCC)N([C@@H](CO)Cc2ccccc2)C(=O)[C@@H]13)c1ccccc1. The molecular formula is C41H53N3O7. The number of carbonyl (C=O) groups is 4. The number of amides is 3. The Labute approximate surface area is 302 Å². The molecule has 3 aliphatic rings. The Bertz CT molecular complexity index is 1550. The molecule has 3 amide bonds. The standard InChI is InChI=1S/C41H53N3O7/c1-6-9-21-33(46)42(5)28(4)36(30-19-15-12-16-20-30)50-40(49)34-32-22-23-41(51-32)35(34)38(47)44(31(27-45)26-29-17-13-11-14-18-29)37(41)39(48)43(24-8-3)25-10-7-2/h6,8,11-20,28,31-32,34-37,45H,1,3,7,9-10,21-27H2,2,4-5H3/t28-,31-,32+,34-,35-,36+,37+,41-/m1/s1. The van der Waals surface area contributed by atoms with Gasteiger partial charge in [0.05, 0.1) is 36.6 Å². The van der Waals surface area contributed by atoms with Crippen molar-refractivity contribution in [3.8, 4) is 0 Å². The molecule has 0 radical (unpaired) electrons. The minimum atomic E-state index is -1.26. The number of hydrogen-bond acceptors (Lipinski definition) is 7. The average Bonchev–Trinajstić information content (AvgIpc) is 3.80. The van der Waals surface area contributed by atoms with E-state index in [9.17, 15) is 24.3 Å². The van der Waals surface area contributed by atoms with E-state index in [4.69, 9.17) is 9.47 Å². The predicted molar refractivity (Wildman–Crippen MR) is 194 cm³/mol. The van der Waals surface area contributed by atoms with Gasteiger partial charge in [0.15, 0.2) is 0 Å². The highest BCUT2D eigenvalue weighted by molar-refractivity contribution is 5.98. The summed E-state index contributed by atoms with van der Waals surface area (Å²) in [7, 11) is 1.69. The van der Waals surface area contributed by atoms with Crippen molar-refractivity contribution >= 4 is 23.7 Å². The van der Waals surface area contributed by atoms with E-state index >= 15 is 0 Å². The molecule has 1 spiro atoms. The molecule has 10 heteroatoms. The summed E-state index contributed by atoms with van der Waals surface area (Å²) in [5.41, 5.74) is 0.364. The van der Waals surface area contributed by atoms with Crippen molar-refractivity contribution in [3.05, 3.63) is 97.1 Å². The van der Waals surface area contributed by atoms with Gasteiger partial charge in [-0.05, 0) is 50.2 Å². The van der Waals surface area contributed by atoms with Crippen LogP contribution < -0.4 is 0 Å². The second kappa shape index (κ2) is 16.8. The molecule has 0 aliphatic carbocycles. The fraction of sp³-hybridized carbons (Fsp3) is 0.512. The lowest BCUT2D eigenvalue weighted by molar-refractivity contribution is -0.165. The van der Waals surface area contributed by atoms with Crippen LogP contribution in [0, 0.1) is 11.8 Å². The number of likely N-dealkylation sites (N-methyl/N-ethyl adjacent to an activating group) is 1. The topological polar surface area (TPSA) is 117 Å². The number of esters is 1. The van der Waals surface area contributed by atoms with Crippen molar-refractivity contribution in [2.75, 3.05) is 26.7 Å². The van der Waals surface area contributed by atoms with E-state index in [2.05, 4.69) is 20.1 Å². The number of aliphatic hydroxyl groups excluding tert-OH is 1. The van der Waals surface area contributed by atoms with Crippen molar-refractivity contribution < 1.29 is 33.8 Å². The van der Waals surface area contributed by atoms with Crippen molar-refractivity contribution in [1.29, 1.82) is 0 Å². The Hall–Kier alpha value is -4.28. The number of hydrogen-bond donors (Lipinski definition) is 1. The fourth-order valence-electron chi connectivity index (χ4n) is 8.26. The molecule has 8 atom stereocenters. The zero-order valence-electron chi connectivity index (χ0n) is 30.2. The number of aliphatic hydroxyl groups is 1. The smallest absolute Gasteiger partial charge is 0.313 e. The number of rotatable bonds is 18. The molecule has 0 aromatic heterocycles. The lowest BCUT2D eigenvalue weighted by atomic mass is 9.70. The van der Waals surface area contributed by atoms with Gasteiger partial charge in [-0.3, -0.25) is 19.2 Å². The molecule has 2 aromatic rings. The van der Waals surface area contributed by atoms with Crippen LogP contribution in [0.3, 0.4) is 0 Å². The maximum atomic E-state index is 14.8. The number of nitrogens with zero attached hydrogens (tertiary/aromatic N) is 3. The van der Waals surface area contributed by atoms with Crippen molar-refractivity contribution in [2.24, 2.45) is 11.8 Å². The van der Waals surface area contributed by atoms with Crippen LogP contribution in [-0.2, 0) is 35.1 Å². The van der Waals surface area contributed by atoms with Gasteiger partial charge in [0, 0.05) is 26.6 Å². The number of allylic oxidation sites excluding steroid dienone is 1. The summed E-state index contributed by atoms with van der Waals surface area (Å²) in [5, 5.41) is 10.8. The number of carbonyl (C=O) groups excluding carboxylic acids is 4. The van der Waals surface area contributed by atoms with Gasteiger partial charge in [0.2, 0.25) is 17.7 Å². The molecule has 2 bridgehead atoms. The monoisotopic (exact) mass is 699 g/mol. The first-order chi connectivity index (χ1) is 24.6. The van der Waals surface area contributed by atoms with Crippen molar-refractivity contribution in [3.63, 3.8) is 0 Å². The molecule has 2 aromatic carbocycles. The van der Waals surface area contributed by atoms with E-state index in [-0.39, 0.29) is 30.7 Å². The number of fused-ring (bicyclic) bond motifs is 1. The minimum absolute atomic E-state index is 0.106. The molecule has 5 rings (SSSR count). The van der Waals surface area contributed by atoms with Crippen LogP contribution in [0.15, 0.2) is 86.0 Å². The van der Waals surface area contributed by atoms with Gasteiger partial charge in [-0.15, -0.1) is 13.2 Å². The van der Waals surface area contributed by atoms with Gasteiger partial charge in [-0.2, -0.15) is 0 Å². The lowest BCUT2D eigenvalue weighted by Gasteiger charge is -2.39. The van der Waals surface area contributed by atoms with E-state index in [1.165, 1.54) is 4.90 Å². The Morgan fingerprint density at radius 1 is 1.10 bits per heavy atom. The summed E-state index contributed by atoms with van der Waals surface area (Å²) in [6.45, 7) is 11.9. The molecule has 3 saturated heterocycles. The normalized spacial score (nSPS) is 25.1. The second-order valence-electron chi connectivity index (χ2n) is 14.1. The second-order valence-corrected chi connectivity index (χ2v) is 14.1. The lowest BCUT2D eigenvalue weighted by Crippen LogP contribution is -2.59. The van der Waals surface area contributed by atoms with Crippen molar-refractivity contribution in [2.45, 2.75) is 94.7 Å². The zero-order chi connectivity index (χ0) is 36.7. The van der Waals surface area contributed by atoms with Crippen LogP contribution in [-0.4, -0.2) is 100 Å². The quantitative estimate of drug-likeness (QED) is 0.174. The molecule has 51 heavy (non-hydrogen) atoms. The first-order valence-electron chi connectivity index (χ1n) is 18.3. The summed E-state index contributed by atoms with van der Waals surface area (Å²) >= 11 is 0. The highest BCUT2D eigenvalue weighted by atomic mass is 16.6. The van der Waals surface area contributed by atoms with Gasteiger partial charge in [-0.25, -0.2) is 0 Å². The summed E-state index contributed by atoms with van der Waals surface area (Å²) in [5.74, 6) is -3.30. The number of likely N-dealkylation sites (tertiary alicyclic amines) is 1. The summed E-state index contributed by atoms with van der Waals surface area (Å²) < 4.78 is 13.1. The molecule has 3 heterocycles. The third-order valence-corrected chi connectivity index (χ3v) is 11.0. The van der Waals surface area contributed by atoms with Crippen LogP contribution >= 0.6 is 0 Å². The van der Waals surface area contributed by atoms with Gasteiger partial charge < -0.3 is 29.3 Å². The highest BCUT2D eigenvalue weighted by Gasteiger charge is 2.75. The number of unbranched alkanes of at least 4 members (excludes halogenated alkanes) is 1. The van der Waals surface area contributed by atoms with Crippen LogP contribution in [0.25, 0.3) is 0 Å². The Kier molecular flexibility index (Phi) is 12.5. The summed E-state index contributed by atoms with van der Waals surface area (Å²) in [4.78, 5) is 61.9. The first-order valence-corrected chi connectivity index (χ1v) is 18.3. The minimum Gasteiger partial charge on any atom is -0.455 e. The molecular weight excluding hydrogens is 646 g/mol. The highest BCUT2D eigenvalue weighted by Crippen LogP contribution is 2.59. The largest absolute Gasteiger partial charge is 0.455 e. The maximum Gasteiger partial charge on any atom is 0.313 e. The van der Waals surface area contributed by atoms with Crippen LogP contribution in [0.4, 0.5) is 0 Å². The predicted octanol–water partition coefficient (Wildman–Crippen LogP) is 4.88. The van der Waals surface area contributed by atoms with E-state index in [1.807, 2.05) is 67.6 Å². The van der Waals surface area contributed by atoms with Gasteiger partial charge in [-0.1, -0.05) is 86.2 Å². The molecule has 3 fully saturated rings.